The van der Waals surface area contributed by atoms with E-state index in [9.17, 15) is 9.59 Å². The summed E-state index contributed by atoms with van der Waals surface area (Å²) >= 11 is 0. The molecule has 0 aliphatic carbocycles. The molecule has 1 heterocycles. The molecule has 0 fully saturated rings. The maximum absolute atomic E-state index is 12.5. The number of carboxylic acid groups (broad SMARTS) is 1. The van der Waals surface area contributed by atoms with Gasteiger partial charge in [0.15, 0.2) is 0 Å². The van der Waals surface area contributed by atoms with Crippen molar-refractivity contribution in [3.63, 3.8) is 0 Å². The number of carboxylic acids is 1. The van der Waals surface area contributed by atoms with E-state index in [1.54, 1.807) is 0 Å². The summed E-state index contributed by atoms with van der Waals surface area (Å²) in [5.41, 5.74) is 1.49. The molecule has 2 N–H and O–H groups in total. The van der Waals surface area contributed by atoms with Crippen LogP contribution < -0.4 is 5.32 Å². The summed E-state index contributed by atoms with van der Waals surface area (Å²) < 4.78 is 1.22. The van der Waals surface area contributed by atoms with Crippen LogP contribution in [0.3, 0.4) is 0 Å². The predicted molar refractivity (Wildman–Crippen MR) is 83.5 cm³/mol. The molecule has 1 unspecified atom stereocenters. The van der Waals surface area contributed by atoms with Crippen molar-refractivity contribution in [3.05, 3.63) is 47.8 Å². The van der Waals surface area contributed by atoms with Crippen molar-refractivity contribution in [1.29, 1.82) is 0 Å². The second kappa shape index (κ2) is 7.53. The Morgan fingerprint density at radius 3 is 2.57 bits per heavy atom. The first-order chi connectivity index (χ1) is 11.0. The van der Waals surface area contributed by atoms with Gasteiger partial charge in [0.25, 0.3) is 0 Å². The first-order valence-electron chi connectivity index (χ1n) is 7.41. The van der Waals surface area contributed by atoms with Crippen LogP contribution >= 0.6 is 0 Å². The summed E-state index contributed by atoms with van der Waals surface area (Å²) in [7, 11) is 0. The third-order valence-corrected chi connectivity index (χ3v) is 3.43. The number of amides is 1. The minimum absolute atomic E-state index is 0.0843. The highest BCUT2D eigenvalue weighted by molar-refractivity contribution is 5.83. The number of benzene rings is 1. The highest BCUT2D eigenvalue weighted by Gasteiger charge is 2.23. The monoisotopic (exact) mass is 316 g/mol. The fourth-order valence-corrected chi connectivity index (χ4v) is 2.42. The Bertz CT molecular complexity index is 667. The van der Waals surface area contributed by atoms with Crippen molar-refractivity contribution in [1.82, 2.24) is 20.3 Å². The number of nitrogens with one attached hydrogen (secondary N) is 1. The summed E-state index contributed by atoms with van der Waals surface area (Å²) in [5.74, 6) is -1.17. The van der Waals surface area contributed by atoms with Gasteiger partial charge >= 0.3 is 5.97 Å². The molecule has 7 heteroatoms. The average Bonchev–Trinajstić information content (AvgIpc) is 2.93. The molecular formula is C16H20N4O3. The van der Waals surface area contributed by atoms with Gasteiger partial charge in [0, 0.05) is 0 Å². The number of nitrogens with zero attached hydrogens (tertiary/aromatic N) is 3. The van der Waals surface area contributed by atoms with E-state index < -0.39 is 5.97 Å². The lowest BCUT2D eigenvalue weighted by molar-refractivity contribution is -0.138. The quantitative estimate of drug-likeness (QED) is 0.805. The highest BCUT2D eigenvalue weighted by Crippen LogP contribution is 2.24. The number of rotatable bonds is 7. The van der Waals surface area contributed by atoms with Gasteiger partial charge in [0.05, 0.1) is 18.7 Å². The van der Waals surface area contributed by atoms with E-state index in [0.29, 0.717) is 5.69 Å². The number of hydrogen-bond acceptors (Lipinski definition) is 4. The number of hydrogen-bond donors (Lipinski definition) is 2. The number of carbonyl (C=O) groups excluding carboxylic acids is 1. The zero-order valence-corrected chi connectivity index (χ0v) is 13.1. The van der Waals surface area contributed by atoms with Gasteiger partial charge in [0.2, 0.25) is 5.91 Å². The molecule has 0 aliphatic heterocycles. The first-order valence-corrected chi connectivity index (χ1v) is 7.41. The minimum atomic E-state index is -0.991. The van der Waals surface area contributed by atoms with Crippen LogP contribution in [-0.2, 0) is 22.7 Å². The SMILES string of the molecule is CC(C)C(C(=O)NCc1cn(CC(=O)O)nn1)c1ccccc1. The lowest BCUT2D eigenvalue weighted by Crippen LogP contribution is -2.31. The van der Waals surface area contributed by atoms with E-state index in [1.165, 1.54) is 10.9 Å². The molecule has 1 aromatic carbocycles. The molecule has 1 aromatic heterocycles. The van der Waals surface area contributed by atoms with Gasteiger partial charge in [-0.2, -0.15) is 0 Å². The molecule has 2 rings (SSSR count). The van der Waals surface area contributed by atoms with Gasteiger partial charge in [-0.15, -0.1) is 5.10 Å². The lowest BCUT2D eigenvalue weighted by Gasteiger charge is -2.20. The smallest absolute Gasteiger partial charge is 0.325 e. The van der Waals surface area contributed by atoms with Gasteiger partial charge < -0.3 is 10.4 Å². The van der Waals surface area contributed by atoms with Crippen molar-refractivity contribution in [2.45, 2.75) is 32.9 Å². The average molecular weight is 316 g/mol. The van der Waals surface area contributed by atoms with Crippen LogP contribution in [0.2, 0.25) is 0 Å². The fourth-order valence-electron chi connectivity index (χ4n) is 2.42. The van der Waals surface area contributed by atoms with E-state index in [1.807, 2.05) is 44.2 Å². The van der Waals surface area contributed by atoms with Gasteiger partial charge in [0.1, 0.15) is 12.2 Å². The van der Waals surface area contributed by atoms with Crippen molar-refractivity contribution < 1.29 is 14.7 Å². The molecule has 0 bridgehead atoms. The number of carbonyl (C=O) groups is 2. The van der Waals surface area contributed by atoms with Gasteiger partial charge in [-0.1, -0.05) is 49.4 Å². The Labute approximate surface area is 134 Å². The summed E-state index contributed by atoms with van der Waals surface area (Å²) in [4.78, 5) is 23.1. The minimum Gasteiger partial charge on any atom is -0.480 e. The van der Waals surface area contributed by atoms with Crippen molar-refractivity contribution in [2.24, 2.45) is 5.92 Å². The molecule has 1 atom stereocenters. The van der Waals surface area contributed by atoms with Gasteiger partial charge in [-0.3, -0.25) is 9.59 Å². The van der Waals surface area contributed by atoms with Crippen LogP contribution in [0.25, 0.3) is 0 Å². The molecule has 2 aromatic rings. The van der Waals surface area contributed by atoms with E-state index >= 15 is 0 Å². The van der Waals surface area contributed by atoms with Crippen LogP contribution in [0, 0.1) is 5.92 Å². The second-order valence-corrected chi connectivity index (χ2v) is 5.65. The molecule has 23 heavy (non-hydrogen) atoms. The molecule has 122 valence electrons. The van der Waals surface area contributed by atoms with Crippen LogP contribution in [0.1, 0.15) is 31.0 Å². The highest BCUT2D eigenvalue weighted by atomic mass is 16.4. The van der Waals surface area contributed by atoms with Crippen molar-refractivity contribution in [2.75, 3.05) is 0 Å². The Hall–Kier alpha value is -2.70. The third kappa shape index (κ3) is 4.64. The standard InChI is InChI=1S/C16H20N4O3/c1-11(2)15(12-6-4-3-5-7-12)16(23)17-8-13-9-20(19-18-13)10-14(21)22/h3-7,9,11,15H,8,10H2,1-2H3,(H,17,23)(H,21,22). The second-order valence-electron chi connectivity index (χ2n) is 5.65. The fraction of sp³-hybridized carbons (Fsp3) is 0.375. The predicted octanol–water partition coefficient (Wildman–Crippen LogP) is 1.42. The van der Waals surface area contributed by atoms with Gasteiger partial charge in [-0.25, -0.2) is 4.68 Å². The van der Waals surface area contributed by atoms with Crippen LogP contribution in [0.15, 0.2) is 36.5 Å². The Balaban J connectivity index is 1.99. The Kier molecular flexibility index (Phi) is 5.46. The molecule has 0 aliphatic rings. The molecule has 0 spiro atoms. The zero-order valence-electron chi connectivity index (χ0n) is 13.1. The topological polar surface area (TPSA) is 97.1 Å². The van der Waals surface area contributed by atoms with Crippen LogP contribution in [-0.4, -0.2) is 32.0 Å². The molecule has 0 radical (unpaired) electrons. The van der Waals surface area contributed by atoms with Gasteiger partial charge in [-0.05, 0) is 11.5 Å². The Morgan fingerprint density at radius 1 is 1.26 bits per heavy atom. The maximum Gasteiger partial charge on any atom is 0.325 e. The zero-order chi connectivity index (χ0) is 16.8. The molecule has 7 nitrogen and oxygen atoms in total. The number of aliphatic carboxylic acids is 1. The van der Waals surface area contributed by atoms with E-state index in [-0.39, 0.29) is 30.8 Å². The summed E-state index contributed by atoms with van der Waals surface area (Å²) in [6, 6.07) is 9.62. The Morgan fingerprint density at radius 2 is 1.96 bits per heavy atom. The molecule has 1 amide bonds. The normalized spacial score (nSPS) is 12.1. The molecule has 0 saturated heterocycles. The first kappa shape index (κ1) is 16.7. The maximum atomic E-state index is 12.5. The van der Waals surface area contributed by atoms with Crippen molar-refractivity contribution >= 4 is 11.9 Å². The third-order valence-electron chi connectivity index (χ3n) is 3.43. The van der Waals surface area contributed by atoms with E-state index in [4.69, 9.17) is 5.11 Å². The molecule has 0 saturated carbocycles. The van der Waals surface area contributed by atoms with E-state index in [2.05, 4.69) is 15.6 Å². The number of aromatic nitrogens is 3. The summed E-state index contributed by atoms with van der Waals surface area (Å²) in [5, 5.41) is 19.1. The largest absolute Gasteiger partial charge is 0.480 e. The summed E-state index contributed by atoms with van der Waals surface area (Å²) in [6.45, 7) is 3.97. The van der Waals surface area contributed by atoms with Crippen molar-refractivity contribution in [3.8, 4) is 0 Å². The van der Waals surface area contributed by atoms with Crippen LogP contribution in [0.5, 0.6) is 0 Å². The lowest BCUT2D eigenvalue weighted by atomic mass is 9.87. The van der Waals surface area contributed by atoms with E-state index in [0.717, 1.165) is 5.56 Å². The molecular weight excluding hydrogens is 296 g/mol. The summed E-state index contributed by atoms with van der Waals surface area (Å²) in [6.07, 6.45) is 1.52. The van der Waals surface area contributed by atoms with Crippen LogP contribution in [0.4, 0.5) is 0 Å².